The third-order valence-electron chi connectivity index (χ3n) is 4.17. The molecule has 3 nitrogen and oxygen atoms in total. The largest absolute Gasteiger partial charge is 0.310 e. The fourth-order valence-corrected chi connectivity index (χ4v) is 3.16. The molecule has 2 aromatic carbocycles. The number of benzene rings is 2. The van der Waals surface area contributed by atoms with Crippen LogP contribution in [0.25, 0.3) is 0 Å². The maximum Gasteiger partial charge on any atom is 0.206 e. The van der Waals surface area contributed by atoms with Gasteiger partial charge in [0.25, 0.3) is 0 Å². The van der Waals surface area contributed by atoms with Crippen molar-refractivity contribution in [2.24, 2.45) is 4.99 Å². The minimum atomic E-state index is 0. The van der Waals surface area contributed by atoms with E-state index in [4.69, 9.17) is 4.99 Å². The van der Waals surface area contributed by atoms with E-state index < -0.39 is 0 Å². The normalized spacial score (nSPS) is 15.8. The highest BCUT2D eigenvalue weighted by atomic mass is 35.5. The lowest BCUT2D eigenvalue weighted by Gasteiger charge is -2.26. The lowest BCUT2D eigenvalue weighted by Crippen LogP contribution is -2.41. The quantitative estimate of drug-likeness (QED) is 0.834. The summed E-state index contributed by atoms with van der Waals surface area (Å²) in [7, 11) is 0. The van der Waals surface area contributed by atoms with Crippen molar-refractivity contribution in [1.82, 2.24) is 0 Å². The molecule has 0 saturated heterocycles. The first-order valence-corrected chi connectivity index (χ1v) is 7.57. The molecule has 0 amide bonds. The van der Waals surface area contributed by atoms with Gasteiger partial charge in [-0.05, 0) is 36.6 Å². The van der Waals surface area contributed by atoms with E-state index in [-0.39, 0.29) is 12.4 Å². The molecular weight excluding hydrogens is 294 g/mol. The van der Waals surface area contributed by atoms with Gasteiger partial charge >= 0.3 is 0 Å². The van der Waals surface area contributed by atoms with E-state index in [1.54, 1.807) is 0 Å². The van der Waals surface area contributed by atoms with Crippen LogP contribution < -0.4 is 9.80 Å². The Bertz CT molecular complexity index is 697. The first-order valence-electron chi connectivity index (χ1n) is 7.57. The van der Waals surface area contributed by atoms with Crippen molar-refractivity contribution in [2.75, 3.05) is 22.9 Å². The van der Waals surface area contributed by atoms with E-state index in [2.05, 4.69) is 65.3 Å². The molecule has 0 spiro atoms. The SMILES string of the molecule is Cc1ccc2c(c1)N1CCCN=C1N2Cc1ccccc1.Cl. The molecule has 0 aliphatic carbocycles. The summed E-state index contributed by atoms with van der Waals surface area (Å²) in [6, 6.07) is 17.3. The van der Waals surface area contributed by atoms with Crippen LogP contribution in [-0.4, -0.2) is 19.0 Å². The summed E-state index contributed by atoms with van der Waals surface area (Å²) < 4.78 is 0. The Morgan fingerprint density at radius 2 is 1.86 bits per heavy atom. The fourth-order valence-electron chi connectivity index (χ4n) is 3.16. The molecule has 0 unspecified atom stereocenters. The number of aryl methyl sites for hydroxylation is 1. The van der Waals surface area contributed by atoms with Crippen molar-refractivity contribution < 1.29 is 0 Å². The second kappa shape index (κ2) is 6.01. The summed E-state index contributed by atoms with van der Waals surface area (Å²) >= 11 is 0. The summed E-state index contributed by atoms with van der Waals surface area (Å²) in [6.45, 7) is 5.04. The Labute approximate surface area is 137 Å². The van der Waals surface area contributed by atoms with Crippen LogP contribution in [0.5, 0.6) is 0 Å². The molecule has 114 valence electrons. The zero-order chi connectivity index (χ0) is 14.2. The average molecular weight is 314 g/mol. The lowest BCUT2D eigenvalue weighted by atomic mass is 10.1. The molecule has 0 bridgehead atoms. The fraction of sp³-hybridized carbons (Fsp3) is 0.278. The molecule has 0 N–H and O–H groups in total. The van der Waals surface area contributed by atoms with Crippen molar-refractivity contribution in [3.8, 4) is 0 Å². The predicted molar refractivity (Wildman–Crippen MR) is 95.3 cm³/mol. The van der Waals surface area contributed by atoms with E-state index >= 15 is 0 Å². The molecule has 0 atom stereocenters. The second-order valence-electron chi connectivity index (χ2n) is 5.75. The maximum atomic E-state index is 4.78. The van der Waals surface area contributed by atoms with Gasteiger partial charge in [-0.15, -0.1) is 12.4 Å². The highest BCUT2D eigenvalue weighted by molar-refractivity contribution is 6.16. The summed E-state index contributed by atoms with van der Waals surface area (Å²) in [4.78, 5) is 9.50. The van der Waals surface area contributed by atoms with Crippen LogP contribution in [0.2, 0.25) is 0 Å². The van der Waals surface area contributed by atoms with E-state index in [0.717, 1.165) is 32.0 Å². The molecule has 2 aliphatic rings. The summed E-state index contributed by atoms with van der Waals surface area (Å²) in [6.07, 6.45) is 1.13. The number of halogens is 1. The molecule has 2 aromatic rings. The molecule has 4 heteroatoms. The molecule has 2 aliphatic heterocycles. The molecule has 0 aromatic heterocycles. The molecule has 0 saturated carbocycles. The zero-order valence-corrected chi connectivity index (χ0v) is 13.5. The predicted octanol–water partition coefficient (Wildman–Crippen LogP) is 4.00. The Morgan fingerprint density at radius 1 is 1.05 bits per heavy atom. The third-order valence-corrected chi connectivity index (χ3v) is 4.17. The minimum Gasteiger partial charge on any atom is -0.310 e. The molecule has 2 heterocycles. The first kappa shape index (κ1) is 14.9. The van der Waals surface area contributed by atoms with Gasteiger partial charge in [0.2, 0.25) is 5.96 Å². The summed E-state index contributed by atoms with van der Waals surface area (Å²) in [5.74, 6) is 1.12. The number of anilines is 2. The smallest absolute Gasteiger partial charge is 0.206 e. The van der Waals surface area contributed by atoms with Crippen LogP contribution in [0.15, 0.2) is 53.5 Å². The number of guanidine groups is 1. The summed E-state index contributed by atoms with van der Waals surface area (Å²) in [5.41, 5.74) is 5.22. The zero-order valence-electron chi connectivity index (χ0n) is 12.7. The van der Waals surface area contributed by atoms with Gasteiger partial charge in [0.05, 0.1) is 17.9 Å². The van der Waals surface area contributed by atoms with E-state index in [1.807, 2.05) is 0 Å². The van der Waals surface area contributed by atoms with Gasteiger partial charge in [0.1, 0.15) is 0 Å². The van der Waals surface area contributed by atoms with Crippen LogP contribution in [-0.2, 0) is 6.54 Å². The van der Waals surface area contributed by atoms with Gasteiger partial charge in [0.15, 0.2) is 0 Å². The van der Waals surface area contributed by atoms with Gasteiger partial charge in [-0.1, -0.05) is 36.4 Å². The molecular formula is C18H20ClN3. The van der Waals surface area contributed by atoms with Crippen molar-refractivity contribution >= 4 is 29.7 Å². The highest BCUT2D eigenvalue weighted by Gasteiger charge is 2.33. The number of hydrogen-bond donors (Lipinski definition) is 0. The third kappa shape index (κ3) is 2.46. The number of rotatable bonds is 2. The van der Waals surface area contributed by atoms with Crippen LogP contribution in [0.3, 0.4) is 0 Å². The van der Waals surface area contributed by atoms with Crippen LogP contribution in [0, 0.1) is 6.92 Å². The highest BCUT2D eigenvalue weighted by Crippen LogP contribution is 2.39. The van der Waals surface area contributed by atoms with Crippen molar-refractivity contribution in [3.05, 3.63) is 59.7 Å². The summed E-state index contributed by atoms with van der Waals surface area (Å²) in [5, 5.41) is 0. The average Bonchev–Trinajstić information content (AvgIpc) is 2.82. The van der Waals surface area contributed by atoms with Crippen LogP contribution in [0.4, 0.5) is 11.4 Å². The monoisotopic (exact) mass is 313 g/mol. The number of aliphatic imine (C=N–C) groups is 1. The second-order valence-corrected chi connectivity index (χ2v) is 5.75. The number of nitrogens with zero attached hydrogens (tertiary/aromatic N) is 3. The minimum absolute atomic E-state index is 0. The molecule has 0 fully saturated rings. The molecule has 22 heavy (non-hydrogen) atoms. The van der Waals surface area contributed by atoms with Crippen molar-refractivity contribution in [2.45, 2.75) is 19.9 Å². The van der Waals surface area contributed by atoms with Gasteiger partial charge in [-0.2, -0.15) is 0 Å². The van der Waals surface area contributed by atoms with Crippen LogP contribution in [0.1, 0.15) is 17.5 Å². The Balaban J connectivity index is 0.00000144. The number of fused-ring (bicyclic) bond motifs is 3. The molecule has 0 radical (unpaired) electrons. The standard InChI is InChI=1S/C18H19N3.ClH/c1-14-8-9-16-17(12-14)20-11-5-10-19-18(20)21(16)13-15-6-3-2-4-7-15;/h2-4,6-9,12H,5,10-11,13H2,1H3;1H. The van der Waals surface area contributed by atoms with Crippen LogP contribution >= 0.6 is 12.4 Å². The van der Waals surface area contributed by atoms with Gasteiger partial charge < -0.3 is 9.80 Å². The van der Waals surface area contributed by atoms with E-state index in [1.165, 1.54) is 22.5 Å². The van der Waals surface area contributed by atoms with Gasteiger partial charge in [0, 0.05) is 13.1 Å². The topological polar surface area (TPSA) is 18.8 Å². The van der Waals surface area contributed by atoms with Crippen molar-refractivity contribution in [1.29, 1.82) is 0 Å². The lowest BCUT2D eigenvalue weighted by molar-refractivity contribution is 0.784. The first-order chi connectivity index (χ1) is 10.3. The Kier molecular flexibility index (Phi) is 4.08. The van der Waals surface area contributed by atoms with Gasteiger partial charge in [-0.25, -0.2) is 0 Å². The Morgan fingerprint density at radius 3 is 2.68 bits per heavy atom. The van der Waals surface area contributed by atoms with Crippen molar-refractivity contribution in [3.63, 3.8) is 0 Å². The van der Waals surface area contributed by atoms with E-state index in [9.17, 15) is 0 Å². The van der Waals surface area contributed by atoms with Gasteiger partial charge in [-0.3, -0.25) is 4.99 Å². The van der Waals surface area contributed by atoms with E-state index in [0.29, 0.717) is 0 Å². The maximum absolute atomic E-state index is 4.78. The number of hydrogen-bond acceptors (Lipinski definition) is 3. The molecule has 4 rings (SSSR count). The Hall–Kier alpha value is -2.00.